The van der Waals surface area contributed by atoms with Gasteiger partial charge in [-0.2, -0.15) is 0 Å². The van der Waals surface area contributed by atoms with E-state index in [1.165, 1.54) is 25.6 Å². The zero-order chi connectivity index (χ0) is 24.9. The Labute approximate surface area is 214 Å². The molecule has 1 aliphatic carbocycles. The van der Waals surface area contributed by atoms with Crippen LogP contribution in [0.4, 0.5) is 11.6 Å². The topological polar surface area (TPSA) is 98.7 Å². The van der Waals surface area contributed by atoms with Gasteiger partial charge in [0.25, 0.3) is 5.56 Å². The van der Waals surface area contributed by atoms with Crippen molar-refractivity contribution in [1.82, 2.24) is 19.5 Å². The molecule has 4 aromatic rings. The first-order valence-electron chi connectivity index (χ1n) is 12.2. The van der Waals surface area contributed by atoms with Gasteiger partial charge >= 0.3 is 0 Å². The van der Waals surface area contributed by atoms with Crippen LogP contribution in [-0.4, -0.2) is 26.1 Å². The number of nitrogens with two attached hydrogens (primary N) is 1. The molecule has 1 saturated carbocycles. The molecule has 0 atom stereocenters. The van der Waals surface area contributed by atoms with E-state index >= 15 is 0 Å². The molecule has 1 fully saturated rings. The Bertz CT molecular complexity index is 1500. The maximum absolute atomic E-state index is 13.5. The van der Waals surface area contributed by atoms with Crippen molar-refractivity contribution in [2.24, 2.45) is 5.92 Å². The molecule has 0 unspecified atom stereocenters. The van der Waals surface area contributed by atoms with Gasteiger partial charge in [-0.3, -0.25) is 9.36 Å². The van der Waals surface area contributed by atoms with Crippen LogP contribution in [-0.2, 0) is 6.42 Å². The molecule has 182 valence electrons. The molecule has 3 N–H and O–H groups in total. The number of anilines is 2. The Morgan fingerprint density at radius 3 is 2.67 bits per heavy atom. The first kappa shape index (κ1) is 23.8. The number of halogens is 1. The number of hydrogen-bond acceptors (Lipinski definition) is 6. The number of aromatic nitrogens is 4. The van der Waals surface area contributed by atoms with Crippen molar-refractivity contribution in [3.63, 3.8) is 0 Å². The number of hydrogen-bond donors (Lipinski definition) is 2. The predicted octanol–water partition coefficient (Wildman–Crippen LogP) is 5.00. The van der Waals surface area contributed by atoms with E-state index in [1.807, 2.05) is 30.3 Å². The molecule has 2 aromatic carbocycles. The average Bonchev–Trinajstić information content (AvgIpc) is 2.89. The molecule has 0 radical (unpaired) electrons. The maximum atomic E-state index is 13.5. The van der Waals surface area contributed by atoms with Crippen LogP contribution in [0.3, 0.4) is 0 Å². The van der Waals surface area contributed by atoms with E-state index in [0.717, 1.165) is 18.5 Å². The molecule has 0 bridgehead atoms. The summed E-state index contributed by atoms with van der Waals surface area (Å²) in [6.45, 7) is 0.472. The van der Waals surface area contributed by atoms with Gasteiger partial charge < -0.3 is 11.1 Å². The highest BCUT2D eigenvalue weighted by Crippen LogP contribution is 2.24. The third-order valence-corrected chi connectivity index (χ3v) is 6.77. The number of benzene rings is 2. The van der Waals surface area contributed by atoms with Crippen LogP contribution in [0.25, 0.3) is 16.6 Å². The summed E-state index contributed by atoms with van der Waals surface area (Å²) < 4.78 is 1.62. The van der Waals surface area contributed by atoms with E-state index in [-0.39, 0.29) is 5.56 Å². The maximum Gasteiger partial charge on any atom is 0.267 e. The van der Waals surface area contributed by atoms with Crippen LogP contribution in [0.5, 0.6) is 0 Å². The van der Waals surface area contributed by atoms with Gasteiger partial charge in [0, 0.05) is 18.9 Å². The fourth-order valence-electron chi connectivity index (χ4n) is 4.62. The summed E-state index contributed by atoms with van der Waals surface area (Å²) in [5.41, 5.74) is 7.87. The normalized spacial score (nSPS) is 13.8. The molecule has 8 heteroatoms. The highest BCUT2D eigenvalue weighted by Gasteiger charge is 2.16. The molecule has 5 rings (SSSR count). The van der Waals surface area contributed by atoms with Crippen molar-refractivity contribution in [3.05, 3.63) is 81.6 Å². The first-order chi connectivity index (χ1) is 17.6. The van der Waals surface area contributed by atoms with Gasteiger partial charge in [-0.25, -0.2) is 15.0 Å². The van der Waals surface area contributed by atoms with Crippen molar-refractivity contribution in [1.29, 1.82) is 0 Å². The minimum atomic E-state index is -0.197. The molecule has 0 aliphatic heterocycles. The third kappa shape index (κ3) is 5.05. The van der Waals surface area contributed by atoms with E-state index < -0.39 is 0 Å². The van der Waals surface area contributed by atoms with Crippen LogP contribution in [0.2, 0.25) is 5.02 Å². The number of para-hydroxylation sites is 1. The molecule has 0 saturated heterocycles. The number of nitrogens with one attached hydrogen (secondary N) is 1. The lowest BCUT2D eigenvalue weighted by Crippen LogP contribution is -2.25. The number of fused-ring (bicyclic) bond motifs is 1. The standard InChI is InChI=1S/C28H27ClN6O/c29-22-12-7-13-23-25(22)28(36)35(20-10-5-2-6-11-20)24(34-23)16-17-31-27-21(26(30)32-18-33-27)15-14-19-8-3-1-4-9-19/h2,5-7,10-13,18-19H,1,3-4,8-9,16-17H2,(H3,30,31,32,33). The molecule has 2 heterocycles. The zero-order valence-corrected chi connectivity index (χ0v) is 20.6. The zero-order valence-electron chi connectivity index (χ0n) is 19.9. The number of nitrogens with zero attached hydrogens (tertiary/aromatic N) is 4. The SMILES string of the molecule is Nc1ncnc(NCCc2nc3cccc(Cl)c3c(=O)n2-c2ccccc2)c1C#CC1CCCCC1. The average molecular weight is 499 g/mol. The summed E-state index contributed by atoms with van der Waals surface area (Å²) in [6, 6.07) is 14.8. The molecule has 0 spiro atoms. The van der Waals surface area contributed by atoms with Gasteiger partial charge in [0.1, 0.15) is 29.4 Å². The molecule has 0 amide bonds. The van der Waals surface area contributed by atoms with Crippen molar-refractivity contribution in [3.8, 4) is 17.5 Å². The minimum Gasteiger partial charge on any atom is -0.382 e. The molecular formula is C28H27ClN6O. The molecular weight excluding hydrogens is 472 g/mol. The number of rotatable bonds is 5. The van der Waals surface area contributed by atoms with Crippen LogP contribution in [0.1, 0.15) is 43.5 Å². The highest BCUT2D eigenvalue weighted by atomic mass is 35.5. The van der Waals surface area contributed by atoms with E-state index in [0.29, 0.717) is 57.8 Å². The summed E-state index contributed by atoms with van der Waals surface area (Å²) >= 11 is 6.37. The smallest absolute Gasteiger partial charge is 0.267 e. The summed E-state index contributed by atoms with van der Waals surface area (Å²) in [5, 5.41) is 4.13. The molecule has 36 heavy (non-hydrogen) atoms. The quantitative estimate of drug-likeness (QED) is 0.376. The Hall–Kier alpha value is -3.89. The Morgan fingerprint density at radius 2 is 1.86 bits per heavy atom. The summed E-state index contributed by atoms with van der Waals surface area (Å²) in [5.74, 6) is 8.55. The van der Waals surface area contributed by atoms with Crippen LogP contribution < -0.4 is 16.6 Å². The first-order valence-corrected chi connectivity index (χ1v) is 12.6. The summed E-state index contributed by atoms with van der Waals surface area (Å²) in [4.78, 5) is 26.8. The monoisotopic (exact) mass is 498 g/mol. The second-order valence-electron chi connectivity index (χ2n) is 8.90. The van der Waals surface area contributed by atoms with E-state index in [2.05, 4.69) is 27.1 Å². The lowest BCUT2D eigenvalue weighted by Gasteiger charge is -2.16. The summed E-state index contributed by atoms with van der Waals surface area (Å²) in [6.07, 6.45) is 7.86. The molecule has 7 nitrogen and oxygen atoms in total. The van der Waals surface area contributed by atoms with Gasteiger partial charge in [-0.05, 0) is 37.1 Å². The Kier molecular flexibility index (Phi) is 7.15. The van der Waals surface area contributed by atoms with Gasteiger partial charge in [-0.1, -0.05) is 67.0 Å². The van der Waals surface area contributed by atoms with Gasteiger partial charge in [0.15, 0.2) is 0 Å². The second-order valence-corrected chi connectivity index (χ2v) is 9.31. The summed E-state index contributed by atoms with van der Waals surface area (Å²) in [7, 11) is 0. The van der Waals surface area contributed by atoms with Crippen molar-refractivity contribution in [2.45, 2.75) is 38.5 Å². The van der Waals surface area contributed by atoms with Crippen LogP contribution in [0, 0.1) is 17.8 Å². The van der Waals surface area contributed by atoms with E-state index in [9.17, 15) is 4.79 Å². The molecule has 1 aliphatic rings. The van der Waals surface area contributed by atoms with E-state index in [1.54, 1.807) is 22.8 Å². The predicted molar refractivity (Wildman–Crippen MR) is 144 cm³/mol. The molecule has 2 aromatic heterocycles. The highest BCUT2D eigenvalue weighted by molar-refractivity contribution is 6.35. The van der Waals surface area contributed by atoms with Crippen molar-refractivity contribution >= 4 is 34.1 Å². The van der Waals surface area contributed by atoms with Crippen molar-refractivity contribution in [2.75, 3.05) is 17.6 Å². The van der Waals surface area contributed by atoms with Crippen LogP contribution >= 0.6 is 11.6 Å². The van der Waals surface area contributed by atoms with E-state index in [4.69, 9.17) is 22.3 Å². The van der Waals surface area contributed by atoms with Crippen LogP contribution in [0.15, 0.2) is 59.7 Å². The second kappa shape index (κ2) is 10.8. The van der Waals surface area contributed by atoms with Gasteiger partial charge in [-0.15, -0.1) is 0 Å². The lowest BCUT2D eigenvalue weighted by atomic mass is 9.90. The van der Waals surface area contributed by atoms with Crippen molar-refractivity contribution < 1.29 is 0 Å². The third-order valence-electron chi connectivity index (χ3n) is 6.45. The number of nitrogen functional groups attached to an aromatic ring is 1. The van der Waals surface area contributed by atoms with Gasteiger partial charge in [0.05, 0.1) is 21.6 Å². The fraction of sp³-hybridized carbons (Fsp3) is 0.286. The largest absolute Gasteiger partial charge is 0.382 e. The Balaban J connectivity index is 1.44. The lowest BCUT2D eigenvalue weighted by molar-refractivity contribution is 0.430. The Morgan fingerprint density at radius 1 is 1.06 bits per heavy atom. The van der Waals surface area contributed by atoms with Gasteiger partial charge in [0.2, 0.25) is 0 Å². The fourth-order valence-corrected chi connectivity index (χ4v) is 4.87. The minimum absolute atomic E-state index is 0.197.